The minimum Gasteiger partial charge on any atom is -0.392 e. The largest absolute Gasteiger partial charge is 0.392 e. The summed E-state index contributed by atoms with van der Waals surface area (Å²) in [6, 6.07) is 0.239. The van der Waals surface area contributed by atoms with Gasteiger partial charge in [-0.2, -0.15) is 0 Å². The molecule has 0 saturated carbocycles. The molecule has 3 heterocycles. The van der Waals surface area contributed by atoms with Crippen LogP contribution in [0.15, 0.2) is 23.2 Å². The van der Waals surface area contributed by atoms with Crippen LogP contribution in [-0.2, 0) is 6.54 Å². The first-order valence-electron chi connectivity index (χ1n) is 7.11. The minimum absolute atomic E-state index is 0. The Kier molecular flexibility index (Phi) is 5.72. The van der Waals surface area contributed by atoms with E-state index in [4.69, 9.17) is 0 Å². The molecule has 2 aromatic rings. The highest BCUT2D eigenvalue weighted by atomic mass is 79.9. The first-order valence-corrected chi connectivity index (χ1v) is 7.91. The molecule has 0 bridgehead atoms. The molecule has 0 spiro atoms. The zero-order valence-electron chi connectivity index (χ0n) is 11.3. The van der Waals surface area contributed by atoms with Crippen LogP contribution in [0.2, 0.25) is 0 Å². The molecule has 1 saturated heterocycles. The highest BCUT2D eigenvalue weighted by Crippen LogP contribution is 2.22. The molecule has 1 aliphatic heterocycles. The summed E-state index contributed by atoms with van der Waals surface area (Å²) in [5.41, 5.74) is 2.01. The summed E-state index contributed by atoms with van der Waals surface area (Å²) in [5, 5.41) is 13.3. The van der Waals surface area contributed by atoms with E-state index in [9.17, 15) is 5.11 Å². The van der Waals surface area contributed by atoms with Crippen molar-refractivity contribution in [2.75, 3.05) is 6.54 Å². The number of rotatable bonds is 4. The van der Waals surface area contributed by atoms with Crippen LogP contribution in [0.5, 0.6) is 0 Å². The van der Waals surface area contributed by atoms with Gasteiger partial charge in [0.2, 0.25) is 0 Å². The number of fused-ring (bicyclic) bond motifs is 1. The Labute approximate surface area is 133 Å². The maximum absolute atomic E-state index is 9.94. The summed E-state index contributed by atoms with van der Waals surface area (Å²) >= 11 is 3.53. The number of aliphatic hydroxyl groups excluding tert-OH is 1. The summed E-state index contributed by atoms with van der Waals surface area (Å²) in [4.78, 5) is 8.49. The van der Waals surface area contributed by atoms with Gasteiger partial charge in [-0.25, -0.2) is 4.98 Å². The second-order valence-electron chi connectivity index (χ2n) is 5.34. The van der Waals surface area contributed by atoms with Crippen LogP contribution < -0.4 is 5.32 Å². The van der Waals surface area contributed by atoms with Gasteiger partial charge in [-0.1, -0.05) is 7.43 Å². The summed E-state index contributed by atoms with van der Waals surface area (Å²) in [6.45, 7) is 1.93. The number of pyridine rings is 1. The molecule has 6 heteroatoms. The summed E-state index contributed by atoms with van der Waals surface area (Å²) in [6.07, 6.45) is 9.25. The standard InChI is InChI=1S/C14H19BrN4O.CH4/c15-10-7-16-8-12-14(10)19(9-18-12)6-2-3-11-13(20)4-1-5-17-11;/h7-9,11,13,17,20H,1-6H2;1H4/t11-,13+;/m1./s1. The lowest BCUT2D eigenvalue weighted by atomic mass is 9.97. The minimum atomic E-state index is -0.195. The third kappa shape index (κ3) is 3.62. The van der Waals surface area contributed by atoms with Crippen molar-refractivity contribution in [3.05, 3.63) is 23.2 Å². The van der Waals surface area contributed by atoms with Crippen LogP contribution in [-0.4, -0.2) is 38.3 Å². The molecule has 1 aliphatic rings. The van der Waals surface area contributed by atoms with Crippen LogP contribution >= 0.6 is 15.9 Å². The Bertz CT molecular complexity index is 586. The molecule has 5 nitrogen and oxygen atoms in total. The third-order valence-corrected chi connectivity index (χ3v) is 4.52. The maximum Gasteiger partial charge on any atom is 0.108 e. The fourth-order valence-corrected chi connectivity index (χ4v) is 3.42. The fraction of sp³-hybridized carbons (Fsp3) is 0.600. The maximum atomic E-state index is 9.94. The van der Waals surface area contributed by atoms with E-state index in [2.05, 4.69) is 35.8 Å². The average Bonchev–Trinajstić information content (AvgIpc) is 2.86. The van der Waals surface area contributed by atoms with Gasteiger partial charge in [-0.3, -0.25) is 4.98 Å². The molecule has 2 atom stereocenters. The lowest BCUT2D eigenvalue weighted by Gasteiger charge is -2.29. The highest BCUT2D eigenvalue weighted by Gasteiger charge is 2.21. The average molecular weight is 355 g/mol. The monoisotopic (exact) mass is 354 g/mol. The smallest absolute Gasteiger partial charge is 0.108 e. The molecular weight excluding hydrogens is 332 g/mol. The van der Waals surface area contributed by atoms with Crippen molar-refractivity contribution in [1.29, 1.82) is 0 Å². The first kappa shape index (κ1) is 16.4. The van der Waals surface area contributed by atoms with Crippen LogP contribution in [0.3, 0.4) is 0 Å². The highest BCUT2D eigenvalue weighted by molar-refractivity contribution is 9.10. The number of nitrogens with one attached hydrogen (secondary N) is 1. The summed E-state index contributed by atoms with van der Waals surface area (Å²) < 4.78 is 3.12. The number of aromatic nitrogens is 3. The Morgan fingerprint density at radius 1 is 1.43 bits per heavy atom. The van der Waals surface area contributed by atoms with Crippen LogP contribution in [0.1, 0.15) is 33.1 Å². The van der Waals surface area contributed by atoms with Crippen molar-refractivity contribution in [2.45, 2.75) is 51.8 Å². The number of halogens is 1. The molecule has 0 aliphatic carbocycles. The molecule has 0 aromatic carbocycles. The van der Waals surface area contributed by atoms with Gasteiger partial charge >= 0.3 is 0 Å². The van der Waals surface area contributed by atoms with Gasteiger partial charge < -0.3 is 15.0 Å². The fourth-order valence-electron chi connectivity index (χ4n) is 2.87. The number of hydrogen-bond donors (Lipinski definition) is 2. The van der Waals surface area contributed by atoms with E-state index in [1.165, 1.54) is 0 Å². The molecule has 2 aromatic heterocycles. The van der Waals surface area contributed by atoms with Crippen molar-refractivity contribution in [2.24, 2.45) is 0 Å². The Hall–Kier alpha value is -0.980. The quantitative estimate of drug-likeness (QED) is 0.885. The van der Waals surface area contributed by atoms with Gasteiger partial charge in [0.25, 0.3) is 0 Å². The lowest BCUT2D eigenvalue weighted by molar-refractivity contribution is 0.0909. The van der Waals surface area contributed by atoms with Gasteiger partial charge in [-0.05, 0) is 48.2 Å². The van der Waals surface area contributed by atoms with Crippen molar-refractivity contribution in [3.8, 4) is 0 Å². The van der Waals surface area contributed by atoms with Crippen LogP contribution in [0.4, 0.5) is 0 Å². The zero-order chi connectivity index (χ0) is 13.9. The second kappa shape index (κ2) is 7.33. The molecule has 2 N–H and O–H groups in total. The van der Waals surface area contributed by atoms with E-state index < -0.39 is 0 Å². The number of piperidine rings is 1. The van der Waals surface area contributed by atoms with Gasteiger partial charge in [0.05, 0.1) is 28.6 Å². The number of nitrogens with zero attached hydrogens (tertiary/aromatic N) is 3. The third-order valence-electron chi connectivity index (χ3n) is 3.94. The number of imidazole rings is 1. The second-order valence-corrected chi connectivity index (χ2v) is 6.19. The van der Waals surface area contributed by atoms with Crippen molar-refractivity contribution < 1.29 is 5.11 Å². The molecule has 0 amide bonds. The van der Waals surface area contributed by atoms with E-state index in [0.29, 0.717) is 0 Å². The molecule has 0 radical (unpaired) electrons. The lowest BCUT2D eigenvalue weighted by Crippen LogP contribution is -2.44. The van der Waals surface area contributed by atoms with Crippen molar-refractivity contribution >= 4 is 27.0 Å². The molecule has 116 valence electrons. The van der Waals surface area contributed by atoms with Crippen LogP contribution in [0.25, 0.3) is 11.0 Å². The number of hydrogen-bond acceptors (Lipinski definition) is 4. The molecule has 1 fully saturated rings. The van der Waals surface area contributed by atoms with Gasteiger partial charge in [-0.15, -0.1) is 0 Å². The topological polar surface area (TPSA) is 63.0 Å². The molecule has 3 rings (SSSR count). The summed E-state index contributed by atoms with van der Waals surface area (Å²) in [5.74, 6) is 0. The van der Waals surface area contributed by atoms with E-state index in [-0.39, 0.29) is 19.6 Å². The number of aryl methyl sites for hydroxylation is 1. The first-order chi connectivity index (χ1) is 9.75. The van der Waals surface area contributed by atoms with E-state index in [1.807, 2.05) is 6.33 Å². The van der Waals surface area contributed by atoms with Gasteiger partial charge in [0, 0.05) is 18.8 Å². The van der Waals surface area contributed by atoms with Gasteiger partial charge in [0.1, 0.15) is 5.52 Å². The number of aliphatic hydroxyl groups is 1. The van der Waals surface area contributed by atoms with E-state index >= 15 is 0 Å². The Balaban J connectivity index is 0.00000161. The molecular formula is C15H23BrN4O. The summed E-state index contributed by atoms with van der Waals surface area (Å²) in [7, 11) is 0. The predicted molar refractivity (Wildman–Crippen MR) is 88.2 cm³/mol. The van der Waals surface area contributed by atoms with Crippen molar-refractivity contribution in [3.63, 3.8) is 0 Å². The normalized spacial score (nSPS) is 22.2. The SMILES string of the molecule is C.O[C@H]1CCCN[C@@H]1CCCn1cnc2cncc(Br)c21. The predicted octanol–water partition coefficient (Wildman–Crippen LogP) is 2.72. The molecule has 21 heavy (non-hydrogen) atoms. The molecule has 0 unspecified atom stereocenters. The van der Waals surface area contributed by atoms with E-state index in [0.717, 1.165) is 54.3 Å². The van der Waals surface area contributed by atoms with E-state index in [1.54, 1.807) is 12.4 Å². The van der Waals surface area contributed by atoms with Gasteiger partial charge in [0.15, 0.2) is 0 Å². The Morgan fingerprint density at radius 2 is 2.29 bits per heavy atom. The Morgan fingerprint density at radius 3 is 3.10 bits per heavy atom. The van der Waals surface area contributed by atoms with Crippen molar-refractivity contribution in [1.82, 2.24) is 19.9 Å². The van der Waals surface area contributed by atoms with Crippen LogP contribution in [0, 0.1) is 0 Å². The zero-order valence-corrected chi connectivity index (χ0v) is 12.9.